The van der Waals surface area contributed by atoms with Crippen LogP contribution >= 0.6 is 11.6 Å². The fourth-order valence-corrected chi connectivity index (χ4v) is 1.62. The van der Waals surface area contributed by atoms with E-state index in [9.17, 15) is 0 Å². The minimum atomic E-state index is 0.0970. The lowest BCUT2D eigenvalue weighted by atomic mass is 9.95. The van der Waals surface area contributed by atoms with Gasteiger partial charge in [0.15, 0.2) is 0 Å². The van der Waals surface area contributed by atoms with Crippen molar-refractivity contribution in [2.75, 3.05) is 11.1 Å². The van der Waals surface area contributed by atoms with E-state index in [1.54, 1.807) is 6.07 Å². The first-order chi connectivity index (χ1) is 7.00. The van der Waals surface area contributed by atoms with Crippen molar-refractivity contribution < 1.29 is 0 Å². The molecule has 84 valence electrons. The molecule has 0 amide bonds. The van der Waals surface area contributed by atoms with E-state index in [1.165, 1.54) is 0 Å². The number of rotatable bonds is 4. The number of anilines is 2. The molecule has 15 heavy (non-hydrogen) atoms. The van der Waals surface area contributed by atoms with E-state index in [2.05, 4.69) is 26.1 Å². The Bertz CT molecular complexity index is 332. The molecule has 0 radical (unpaired) electrons. The molecule has 0 aliphatic heterocycles. The molecule has 0 spiro atoms. The number of hydrogen-bond donors (Lipinski definition) is 2. The molecular weight excluding hydrogens is 208 g/mol. The van der Waals surface area contributed by atoms with Crippen LogP contribution in [-0.4, -0.2) is 5.54 Å². The number of nitrogen functional groups attached to an aromatic ring is 1. The first-order valence-electron chi connectivity index (χ1n) is 5.34. The number of hydrogen-bond acceptors (Lipinski definition) is 2. The summed E-state index contributed by atoms with van der Waals surface area (Å²) in [5.74, 6) is 0. The van der Waals surface area contributed by atoms with Gasteiger partial charge >= 0.3 is 0 Å². The van der Waals surface area contributed by atoms with Gasteiger partial charge in [0.05, 0.1) is 10.7 Å². The van der Waals surface area contributed by atoms with Gasteiger partial charge in [-0.2, -0.15) is 0 Å². The van der Waals surface area contributed by atoms with Gasteiger partial charge in [-0.25, -0.2) is 0 Å². The number of halogens is 1. The summed E-state index contributed by atoms with van der Waals surface area (Å²) in [5.41, 5.74) is 7.39. The molecule has 0 saturated carbocycles. The van der Waals surface area contributed by atoms with Gasteiger partial charge in [-0.15, -0.1) is 0 Å². The number of nitrogens with two attached hydrogens (primary N) is 1. The van der Waals surface area contributed by atoms with Crippen molar-refractivity contribution in [2.24, 2.45) is 0 Å². The molecule has 1 aromatic rings. The highest BCUT2D eigenvalue weighted by Gasteiger charge is 2.19. The second kappa shape index (κ2) is 4.75. The largest absolute Gasteiger partial charge is 0.399 e. The Labute approximate surface area is 96.8 Å². The summed E-state index contributed by atoms with van der Waals surface area (Å²) in [7, 11) is 0. The third-order valence-corrected chi connectivity index (χ3v) is 3.30. The molecule has 3 heteroatoms. The van der Waals surface area contributed by atoms with E-state index in [0.29, 0.717) is 10.7 Å². The number of nitrogens with one attached hydrogen (secondary N) is 1. The van der Waals surface area contributed by atoms with Crippen molar-refractivity contribution >= 4 is 23.0 Å². The average Bonchev–Trinajstić information content (AvgIpc) is 2.22. The van der Waals surface area contributed by atoms with Crippen molar-refractivity contribution in [3.05, 3.63) is 23.2 Å². The first-order valence-corrected chi connectivity index (χ1v) is 5.71. The second-order valence-electron chi connectivity index (χ2n) is 4.13. The van der Waals surface area contributed by atoms with Crippen molar-refractivity contribution in [2.45, 2.75) is 39.2 Å². The van der Waals surface area contributed by atoms with Gasteiger partial charge in [-0.1, -0.05) is 25.4 Å². The minimum Gasteiger partial charge on any atom is -0.399 e. The van der Waals surface area contributed by atoms with E-state index >= 15 is 0 Å². The van der Waals surface area contributed by atoms with Gasteiger partial charge in [0, 0.05) is 11.2 Å². The predicted molar refractivity (Wildman–Crippen MR) is 68.5 cm³/mol. The third kappa shape index (κ3) is 3.03. The monoisotopic (exact) mass is 226 g/mol. The summed E-state index contributed by atoms with van der Waals surface area (Å²) in [4.78, 5) is 0. The van der Waals surface area contributed by atoms with E-state index in [-0.39, 0.29) is 5.54 Å². The summed E-state index contributed by atoms with van der Waals surface area (Å²) >= 11 is 6.11. The maximum absolute atomic E-state index is 6.11. The highest BCUT2D eigenvalue weighted by molar-refractivity contribution is 6.33. The average molecular weight is 227 g/mol. The Morgan fingerprint density at radius 1 is 1.33 bits per heavy atom. The fraction of sp³-hybridized carbons (Fsp3) is 0.500. The molecule has 0 aliphatic rings. The van der Waals surface area contributed by atoms with Crippen LogP contribution in [0.4, 0.5) is 11.4 Å². The lowest BCUT2D eigenvalue weighted by Crippen LogP contribution is -2.33. The maximum atomic E-state index is 6.11. The maximum Gasteiger partial charge on any atom is 0.0658 e. The van der Waals surface area contributed by atoms with Gasteiger partial charge in [0.2, 0.25) is 0 Å². The van der Waals surface area contributed by atoms with Crippen molar-refractivity contribution in [3.8, 4) is 0 Å². The quantitative estimate of drug-likeness (QED) is 0.764. The van der Waals surface area contributed by atoms with E-state index < -0.39 is 0 Å². The summed E-state index contributed by atoms with van der Waals surface area (Å²) in [6.07, 6.45) is 2.12. The Balaban J connectivity index is 2.89. The molecule has 0 saturated heterocycles. The molecule has 0 heterocycles. The molecule has 0 fully saturated rings. The topological polar surface area (TPSA) is 38.0 Å². The molecular formula is C12H19ClN2. The molecule has 2 nitrogen and oxygen atoms in total. The van der Waals surface area contributed by atoms with Gasteiger partial charge in [-0.3, -0.25) is 0 Å². The first kappa shape index (κ1) is 12.2. The Hall–Kier alpha value is -0.890. The van der Waals surface area contributed by atoms with Gasteiger partial charge in [0.1, 0.15) is 0 Å². The fourth-order valence-electron chi connectivity index (χ4n) is 1.38. The van der Waals surface area contributed by atoms with Crippen molar-refractivity contribution in [1.29, 1.82) is 0 Å². The van der Waals surface area contributed by atoms with Crippen LogP contribution in [0.3, 0.4) is 0 Å². The third-order valence-electron chi connectivity index (χ3n) is 2.99. The summed E-state index contributed by atoms with van der Waals surface area (Å²) in [6, 6.07) is 5.57. The van der Waals surface area contributed by atoms with Crippen LogP contribution < -0.4 is 11.1 Å². The Kier molecular flexibility index (Phi) is 3.86. The lowest BCUT2D eigenvalue weighted by molar-refractivity contribution is 0.478. The molecule has 0 aliphatic carbocycles. The predicted octanol–water partition coefficient (Wildman–Crippen LogP) is 3.91. The van der Waals surface area contributed by atoms with Crippen LogP contribution in [0.2, 0.25) is 5.02 Å². The van der Waals surface area contributed by atoms with E-state index in [1.807, 2.05) is 12.1 Å². The summed E-state index contributed by atoms with van der Waals surface area (Å²) < 4.78 is 0. The van der Waals surface area contributed by atoms with Crippen LogP contribution in [0.15, 0.2) is 18.2 Å². The van der Waals surface area contributed by atoms with Gasteiger partial charge in [-0.05, 0) is 38.0 Å². The second-order valence-corrected chi connectivity index (χ2v) is 4.54. The van der Waals surface area contributed by atoms with E-state index in [0.717, 1.165) is 18.5 Å². The Morgan fingerprint density at radius 2 is 1.93 bits per heavy atom. The standard InChI is InChI=1S/C12H19ClN2/c1-4-12(3,5-2)15-11-7-6-9(14)8-10(11)13/h6-8,15H,4-5,14H2,1-3H3. The molecule has 0 unspecified atom stereocenters. The normalized spacial score (nSPS) is 11.5. The highest BCUT2D eigenvalue weighted by Crippen LogP contribution is 2.29. The van der Waals surface area contributed by atoms with Crippen LogP contribution in [0, 0.1) is 0 Å². The highest BCUT2D eigenvalue weighted by atomic mass is 35.5. The van der Waals surface area contributed by atoms with Gasteiger partial charge in [0.25, 0.3) is 0 Å². The molecule has 0 atom stereocenters. The molecule has 0 bridgehead atoms. The minimum absolute atomic E-state index is 0.0970. The molecule has 1 rings (SSSR count). The van der Waals surface area contributed by atoms with Crippen LogP contribution in [-0.2, 0) is 0 Å². The summed E-state index contributed by atoms with van der Waals surface area (Å²) in [5, 5.41) is 4.15. The molecule has 1 aromatic carbocycles. The zero-order valence-electron chi connectivity index (χ0n) is 9.60. The van der Waals surface area contributed by atoms with E-state index in [4.69, 9.17) is 17.3 Å². The smallest absolute Gasteiger partial charge is 0.0658 e. The zero-order chi connectivity index (χ0) is 11.5. The van der Waals surface area contributed by atoms with Crippen molar-refractivity contribution in [1.82, 2.24) is 0 Å². The van der Waals surface area contributed by atoms with Crippen LogP contribution in [0.5, 0.6) is 0 Å². The van der Waals surface area contributed by atoms with Gasteiger partial charge < -0.3 is 11.1 Å². The lowest BCUT2D eigenvalue weighted by Gasteiger charge is -2.30. The Morgan fingerprint density at radius 3 is 2.40 bits per heavy atom. The number of benzene rings is 1. The zero-order valence-corrected chi connectivity index (χ0v) is 10.4. The van der Waals surface area contributed by atoms with Crippen molar-refractivity contribution in [3.63, 3.8) is 0 Å². The summed E-state index contributed by atoms with van der Waals surface area (Å²) in [6.45, 7) is 6.53. The SMILES string of the molecule is CCC(C)(CC)Nc1ccc(N)cc1Cl. The van der Waals surface area contributed by atoms with Crippen LogP contribution in [0.25, 0.3) is 0 Å². The molecule has 0 aromatic heterocycles. The molecule has 3 N–H and O–H groups in total. The van der Waals surface area contributed by atoms with Crippen LogP contribution in [0.1, 0.15) is 33.6 Å².